The monoisotopic (exact) mass is 222 g/mol. The third kappa shape index (κ3) is 2.06. The van der Waals surface area contributed by atoms with Crippen molar-refractivity contribution in [3.05, 3.63) is 51.7 Å². The lowest BCUT2D eigenvalue weighted by Crippen LogP contribution is -2.11. The fourth-order valence-corrected chi connectivity index (χ4v) is 2.41. The van der Waals surface area contributed by atoms with Crippen molar-refractivity contribution in [2.24, 2.45) is 5.73 Å². The summed E-state index contributed by atoms with van der Waals surface area (Å²) in [5.74, 6) is -0.350. The number of hydrogen-bond donors (Lipinski definition) is 1. The largest absolute Gasteiger partial charge is 0.320 e. The van der Waals surface area contributed by atoms with Gasteiger partial charge in [-0.2, -0.15) is 0 Å². The zero-order chi connectivity index (χ0) is 10.8. The molecule has 2 nitrogen and oxygen atoms in total. The molecule has 2 aromatic heterocycles. The normalized spacial score (nSPS) is 12.7. The zero-order valence-electron chi connectivity index (χ0n) is 8.27. The quantitative estimate of drug-likeness (QED) is 0.848. The summed E-state index contributed by atoms with van der Waals surface area (Å²) in [7, 11) is 0. The van der Waals surface area contributed by atoms with Crippen molar-refractivity contribution in [3.63, 3.8) is 0 Å². The number of aryl methyl sites for hydroxylation is 1. The first-order valence-electron chi connectivity index (χ1n) is 4.58. The number of aromatic nitrogens is 1. The van der Waals surface area contributed by atoms with Crippen LogP contribution in [0, 0.1) is 12.7 Å². The van der Waals surface area contributed by atoms with E-state index in [1.54, 1.807) is 17.5 Å². The molecule has 15 heavy (non-hydrogen) atoms. The van der Waals surface area contributed by atoms with Gasteiger partial charge < -0.3 is 5.73 Å². The average molecular weight is 222 g/mol. The molecule has 2 rings (SSSR count). The van der Waals surface area contributed by atoms with E-state index in [-0.39, 0.29) is 11.9 Å². The number of hydrogen-bond acceptors (Lipinski definition) is 3. The summed E-state index contributed by atoms with van der Waals surface area (Å²) in [6.07, 6.45) is 2.78. The van der Waals surface area contributed by atoms with E-state index in [2.05, 4.69) is 4.98 Å². The summed E-state index contributed by atoms with van der Waals surface area (Å²) in [4.78, 5) is 4.85. The van der Waals surface area contributed by atoms with Gasteiger partial charge in [-0.25, -0.2) is 4.39 Å². The van der Waals surface area contributed by atoms with Gasteiger partial charge in [-0.1, -0.05) is 0 Å². The average Bonchev–Trinajstić information content (AvgIpc) is 2.63. The fraction of sp³-hybridized carbons (Fsp3) is 0.182. The number of nitrogens with zero attached hydrogens (tertiary/aromatic N) is 1. The Labute approximate surface area is 91.6 Å². The van der Waals surface area contributed by atoms with Crippen molar-refractivity contribution in [3.8, 4) is 0 Å². The summed E-state index contributed by atoms with van der Waals surface area (Å²) in [5, 5.41) is 1.98. The maximum absolute atomic E-state index is 13.0. The second kappa shape index (κ2) is 4.08. The molecule has 0 bridgehead atoms. The number of rotatable bonds is 2. The van der Waals surface area contributed by atoms with Gasteiger partial charge in [0.25, 0.3) is 0 Å². The second-order valence-corrected chi connectivity index (χ2v) is 4.33. The lowest BCUT2D eigenvalue weighted by Gasteiger charge is -2.10. The molecule has 78 valence electrons. The molecule has 0 spiro atoms. The van der Waals surface area contributed by atoms with Gasteiger partial charge in [0.1, 0.15) is 5.82 Å². The first-order chi connectivity index (χ1) is 7.18. The van der Waals surface area contributed by atoms with Crippen LogP contribution in [0.4, 0.5) is 4.39 Å². The van der Waals surface area contributed by atoms with Crippen LogP contribution < -0.4 is 5.73 Å². The van der Waals surface area contributed by atoms with E-state index in [4.69, 9.17) is 5.73 Å². The summed E-state index contributed by atoms with van der Waals surface area (Å²) in [5.41, 5.74) is 7.88. The molecular formula is C11H11FN2S. The molecule has 0 aliphatic rings. The minimum atomic E-state index is -0.350. The van der Waals surface area contributed by atoms with Crippen LogP contribution in [-0.4, -0.2) is 4.98 Å². The van der Waals surface area contributed by atoms with Crippen molar-refractivity contribution >= 4 is 11.3 Å². The fourth-order valence-electron chi connectivity index (χ4n) is 1.45. The maximum Gasteiger partial charge on any atom is 0.141 e. The Balaban J connectivity index is 2.36. The number of pyridine rings is 1. The van der Waals surface area contributed by atoms with Crippen molar-refractivity contribution in [1.29, 1.82) is 0 Å². The topological polar surface area (TPSA) is 38.9 Å². The van der Waals surface area contributed by atoms with E-state index in [1.807, 2.05) is 18.4 Å². The van der Waals surface area contributed by atoms with Crippen LogP contribution in [0.15, 0.2) is 29.9 Å². The van der Waals surface area contributed by atoms with Gasteiger partial charge in [0.05, 0.1) is 12.2 Å². The van der Waals surface area contributed by atoms with Crippen LogP contribution in [0.5, 0.6) is 0 Å². The van der Waals surface area contributed by atoms with Gasteiger partial charge in [0.2, 0.25) is 0 Å². The summed E-state index contributed by atoms with van der Waals surface area (Å²) >= 11 is 1.58. The van der Waals surface area contributed by atoms with Gasteiger partial charge in [-0.3, -0.25) is 4.98 Å². The van der Waals surface area contributed by atoms with E-state index < -0.39 is 0 Å². The molecule has 1 atom stereocenters. The number of halogens is 1. The minimum absolute atomic E-state index is 0.284. The molecule has 2 heterocycles. The lowest BCUT2D eigenvalue weighted by atomic mass is 10.1. The lowest BCUT2D eigenvalue weighted by molar-refractivity contribution is 0.616. The highest BCUT2D eigenvalue weighted by atomic mass is 32.1. The third-order valence-corrected chi connectivity index (χ3v) is 3.37. The molecule has 0 aliphatic heterocycles. The molecule has 0 aliphatic carbocycles. The third-order valence-electron chi connectivity index (χ3n) is 2.27. The predicted octanol–water partition coefficient (Wildman–Crippen LogP) is 2.64. The highest BCUT2D eigenvalue weighted by Gasteiger charge is 2.13. The van der Waals surface area contributed by atoms with Gasteiger partial charge in [0, 0.05) is 11.1 Å². The Morgan fingerprint density at radius 2 is 2.27 bits per heavy atom. The van der Waals surface area contributed by atoms with Crippen LogP contribution >= 0.6 is 11.3 Å². The van der Waals surface area contributed by atoms with Crippen LogP contribution in [0.2, 0.25) is 0 Å². The first kappa shape index (κ1) is 10.3. The zero-order valence-corrected chi connectivity index (χ0v) is 9.09. The molecule has 4 heteroatoms. The minimum Gasteiger partial charge on any atom is -0.320 e. The summed E-state index contributed by atoms with van der Waals surface area (Å²) in [6.45, 7) is 2.00. The van der Waals surface area contributed by atoms with Crippen molar-refractivity contribution < 1.29 is 4.39 Å². The molecular weight excluding hydrogens is 211 g/mol. The molecule has 2 aromatic rings. The molecule has 0 amide bonds. The van der Waals surface area contributed by atoms with Gasteiger partial charge in [-0.05, 0) is 35.6 Å². The van der Waals surface area contributed by atoms with E-state index in [0.717, 1.165) is 10.4 Å². The maximum atomic E-state index is 13.0. The van der Waals surface area contributed by atoms with E-state index in [1.165, 1.54) is 12.3 Å². The van der Waals surface area contributed by atoms with E-state index in [9.17, 15) is 4.39 Å². The highest BCUT2D eigenvalue weighted by Crippen LogP contribution is 2.27. The molecule has 0 radical (unpaired) electrons. The molecule has 0 saturated carbocycles. The Hall–Kier alpha value is -1.26. The van der Waals surface area contributed by atoms with Gasteiger partial charge in [-0.15, -0.1) is 11.3 Å². The van der Waals surface area contributed by atoms with Gasteiger partial charge in [0.15, 0.2) is 0 Å². The Morgan fingerprint density at radius 3 is 2.87 bits per heavy atom. The van der Waals surface area contributed by atoms with E-state index >= 15 is 0 Å². The van der Waals surface area contributed by atoms with E-state index in [0.29, 0.717) is 5.56 Å². The molecule has 0 saturated heterocycles. The van der Waals surface area contributed by atoms with Crippen LogP contribution in [0.3, 0.4) is 0 Å². The highest BCUT2D eigenvalue weighted by molar-refractivity contribution is 7.10. The second-order valence-electron chi connectivity index (χ2n) is 3.38. The SMILES string of the molecule is Cc1ccsc1C(N)c1cncc(F)c1. The van der Waals surface area contributed by atoms with Crippen LogP contribution in [0.1, 0.15) is 22.0 Å². The van der Waals surface area contributed by atoms with Crippen molar-refractivity contribution in [1.82, 2.24) is 4.98 Å². The molecule has 2 N–H and O–H groups in total. The molecule has 0 aromatic carbocycles. The molecule has 0 fully saturated rings. The Morgan fingerprint density at radius 1 is 1.47 bits per heavy atom. The van der Waals surface area contributed by atoms with Gasteiger partial charge >= 0.3 is 0 Å². The predicted molar refractivity (Wildman–Crippen MR) is 59.3 cm³/mol. The summed E-state index contributed by atoms with van der Waals surface area (Å²) < 4.78 is 13.0. The Kier molecular flexibility index (Phi) is 2.79. The van der Waals surface area contributed by atoms with Crippen LogP contribution in [-0.2, 0) is 0 Å². The number of nitrogens with two attached hydrogens (primary N) is 1. The standard InChI is InChI=1S/C11H11FN2S/c1-7-2-3-15-11(7)10(13)8-4-9(12)6-14-5-8/h2-6,10H,13H2,1H3. The smallest absolute Gasteiger partial charge is 0.141 e. The summed E-state index contributed by atoms with van der Waals surface area (Å²) in [6, 6.07) is 3.15. The van der Waals surface area contributed by atoms with Crippen molar-refractivity contribution in [2.75, 3.05) is 0 Å². The van der Waals surface area contributed by atoms with Crippen molar-refractivity contribution in [2.45, 2.75) is 13.0 Å². The first-order valence-corrected chi connectivity index (χ1v) is 5.46. The van der Waals surface area contributed by atoms with Crippen LogP contribution in [0.25, 0.3) is 0 Å². The number of thiophene rings is 1. The molecule has 1 unspecified atom stereocenters. The Bertz CT molecular complexity index is 467.